The summed E-state index contributed by atoms with van der Waals surface area (Å²) in [5.41, 5.74) is 4.43. The molecule has 1 fully saturated rings. The second-order valence-corrected chi connectivity index (χ2v) is 8.12. The van der Waals surface area contributed by atoms with Gasteiger partial charge in [0.25, 0.3) is 5.91 Å². The average molecular weight is 379 g/mol. The van der Waals surface area contributed by atoms with Crippen LogP contribution in [0.5, 0.6) is 0 Å². The van der Waals surface area contributed by atoms with Crippen molar-refractivity contribution in [1.29, 1.82) is 0 Å². The molecular formula is C23H30N4O. The molecule has 1 unspecified atom stereocenters. The van der Waals surface area contributed by atoms with Crippen molar-refractivity contribution >= 4 is 11.6 Å². The van der Waals surface area contributed by atoms with E-state index in [-0.39, 0.29) is 11.3 Å². The normalized spacial score (nSPS) is 21.0. The Morgan fingerprint density at radius 3 is 2.64 bits per heavy atom. The summed E-state index contributed by atoms with van der Waals surface area (Å²) in [5.74, 6) is 0.972. The standard InChI is InChI=1S/C23H30N4O/c1-4-26(5-2)20-9-7-18(8-10-20)22(28)27-14-6-12-23(16-27)13-11-19-15-24-17(3)25-21(19)23/h7-10,15H,4-6,11-14,16H2,1-3H3. The average Bonchev–Trinajstić information content (AvgIpc) is 3.06. The number of aromatic nitrogens is 2. The molecule has 4 rings (SSSR count). The van der Waals surface area contributed by atoms with Gasteiger partial charge >= 0.3 is 0 Å². The van der Waals surface area contributed by atoms with E-state index in [2.05, 4.69) is 35.9 Å². The Morgan fingerprint density at radius 2 is 1.93 bits per heavy atom. The maximum Gasteiger partial charge on any atom is 0.253 e. The summed E-state index contributed by atoms with van der Waals surface area (Å²) in [6.07, 6.45) is 6.23. The van der Waals surface area contributed by atoms with Crippen LogP contribution in [0.4, 0.5) is 5.69 Å². The van der Waals surface area contributed by atoms with Gasteiger partial charge in [-0.2, -0.15) is 0 Å². The van der Waals surface area contributed by atoms with Crippen molar-refractivity contribution in [3.63, 3.8) is 0 Å². The number of hydrogen-bond donors (Lipinski definition) is 0. The smallest absolute Gasteiger partial charge is 0.253 e. The molecule has 1 saturated heterocycles. The van der Waals surface area contributed by atoms with Crippen molar-refractivity contribution in [3.8, 4) is 0 Å². The molecular weight excluding hydrogens is 348 g/mol. The van der Waals surface area contributed by atoms with Gasteiger partial charge in [0.2, 0.25) is 0 Å². The van der Waals surface area contributed by atoms with Gasteiger partial charge in [0, 0.05) is 49.0 Å². The topological polar surface area (TPSA) is 49.3 Å². The first-order valence-electron chi connectivity index (χ1n) is 10.5. The van der Waals surface area contributed by atoms with Crippen LogP contribution in [0.2, 0.25) is 0 Å². The zero-order chi connectivity index (χ0) is 19.7. The van der Waals surface area contributed by atoms with Crippen LogP contribution in [0, 0.1) is 6.92 Å². The van der Waals surface area contributed by atoms with Gasteiger partial charge in [0.1, 0.15) is 5.82 Å². The van der Waals surface area contributed by atoms with Gasteiger partial charge in [-0.05, 0) is 76.3 Å². The highest BCUT2D eigenvalue weighted by Crippen LogP contribution is 2.44. The molecule has 28 heavy (non-hydrogen) atoms. The van der Waals surface area contributed by atoms with E-state index in [9.17, 15) is 4.79 Å². The van der Waals surface area contributed by atoms with E-state index in [4.69, 9.17) is 4.98 Å². The minimum atomic E-state index is 0.0120. The van der Waals surface area contributed by atoms with Crippen LogP contribution in [0.3, 0.4) is 0 Å². The fourth-order valence-electron chi connectivity index (χ4n) is 4.92. The first kappa shape index (κ1) is 18.9. The molecule has 0 N–H and O–H groups in total. The Bertz CT molecular complexity index is 855. The summed E-state index contributed by atoms with van der Waals surface area (Å²) in [5, 5.41) is 0. The summed E-state index contributed by atoms with van der Waals surface area (Å²) < 4.78 is 0. The number of hydrogen-bond acceptors (Lipinski definition) is 4. The van der Waals surface area contributed by atoms with E-state index >= 15 is 0 Å². The highest BCUT2D eigenvalue weighted by molar-refractivity contribution is 5.94. The second-order valence-electron chi connectivity index (χ2n) is 8.12. The fourth-order valence-corrected chi connectivity index (χ4v) is 4.92. The lowest BCUT2D eigenvalue weighted by atomic mass is 9.77. The predicted octanol–water partition coefficient (Wildman–Crippen LogP) is 3.75. The number of benzene rings is 1. The monoisotopic (exact) mass is 378 g/mol. The van der Waals surface area contributed by atoms with E-state index in [1.807, 2.05) is 30.2 Å². The van der Waals surface area contributed by atoms with Crippen LogP contribution in [0.25, 0.3) is 0 Å². The van der Waals surface area contributed by atoms with Gasteiger partial charge in [-0.1, -0.05) is 0 Å². The molecule has 0 saturated carbocycles. The minimum absolute atomic E-state index is 0.0120. The van der Waals surface area contributed by atoms with E-state index in [1.165, 1.54) is 16.9 Å². The van der Waals surface area contributed by atoms with Crippen molar-refractivity contribution in [1.82, 2.24) is 14.9 Å². The summed E-state index contributed by atoms with van der Waals surface area (Å²) >= 11 is 0. The third-order valence-electron chi connectivity index (χ3n) is 6.47. The molecule has 1 aliphatic carbocycles. The van der Waals surface area contributed by atoms with Crippen LogP contribution in [-0.4, -0.2) is 47.0 Å². The lowest BCUT2D eigenvalue weighted by Gasteiger charge is -2.40. The van der Waals surface area contributed by atoms with Gasteiger partial charge in [-0.3, -0.25) is 4.79 Å². The third kappa shape index (κ3) is 3.27. The molecule has 5 heteroatoms. The highest BCUT2D eigenvalue weighted by Gasteiger charge is 2.44. The number of fused-ring (bicyclic) bond motifs is 2. The number of carbonyl (C=O) groups is 1. The first-order valence-corrected chi connectivity index (χ1v) is 10.5. The van der Waals surface area contributed by atoms with Crippen LogP contribution in [0.1, 0.15) is 60.5 Å². The first-order chi connectivity index (χ1) is 13.6. The molecule has 1 atom stereocenters. The Balaban J connectivity index is 1.54. The molecule has 148 valence electrons. The summed E-state index contributed by atoms with van der Waals surface area (Å²) in [6, 6.07) is 8.10. The number of nitrogens with zero attached hydrogens (tertiary/aromatic N) is 4. The number of anilines is 1. The number of piperidine rings is 1. The zero-order valence-corrected chi connectivity index (χ0v) is 17.2. The quantitative estimate of drug-likeness (QED) is 0.813. The molecule has 1 aromatic heterocycles. The van der Waals surface area contributed by atoms with Gasteiger partial charge in [-0.25, -0.2) is 9.97 Å². The Kier molecular flexibility index (Phi) is 5.09. The van der Waals surface area contributed by atoms with Gasteiger partial charge < -0.3 is 9.80 Å². The molecule has 2 aromatic rings. The Morgan fingerprint density at radius 1 is 1.18 bits per heavy atom. The molecule has 1 amide bonds. The third-order valence-corrected chi connectivity index (χ3v) is 6.47. The van der Waals surface area contributed by atoms with Crippen LogP contribution < -0.4 is 4.90 Å². The van der Waals surface area contributed by atoms with E-state index in [0.29, 0.717) is 0 Å². The van der Waals surface area contributed by atoms with Crippen molar-refractivity contribution in [2.75, 3.05) is 31.1 Å². The fraction of sp³-hybridized carbons (Fsp3) is 0.522. The molecule has 1 aromatic carbocycles. The van der Waals surface area contributed by atoms with Gasteiger partial charge in [0.15, 0.2) is 0 Å². The number of carbonyl (C=O) groups excluding carboxylic acids is 1. The SMILES string of the molecule is CCN(CC)c1ccc(C(=O)N2CCCC3(CCc4cnc(C)nc43)C2)cc1. The zero-order valence-electron chi connectivity index (χ0n) is 17.2. The minimum Gasteiger partial charge on any atom is -0.372 e. The Labute approximate surface area is 167 Å². The van der Waals surface area contributed by atoms with E-state index in [0.717, 1.165) is 63.3 Å². The van der Waals surface area contributed by atoms with Gasteiger partial charge in [-0.15, -0.1) is 0 Å². The molecule has 2 aliphatic rings. The molecule has 1 spiro atoms. The number of rotatable bonds is 4. The number of likely N-dealkylation sites (tertiary alicyclic amines) is 1. The maximum atomic E-state index is 13.2. The summed E-state index contributed by atoms with van der Waals surface area (Å²) in [4.78, 5) is 26.7. The van der Waals surface area contributed by atoms with Crippen molar-refractivity contribution in [3.05, 3.63) is 53.1 Å². The van der Waals surface area contributed by atoms with Crippen LogP contribution in [-0.2, 0) is 11.8 Å². The van der Waals surface area contributed by atoms with Crippen molar-refractivity contribution in [2.24, 2.45) is 0 Å². The predicted molar refractivity (Wildman–Crippen MR) is 112 cm³/mol. The largest absolute Gasteiger partial charge is 0.372 e. The van der Waals surface area contributed by atoms with Crippen molar-refractivity contribution in [2.45, 2.75) is 51.9 Å². The van der Waals surface area contributed by atoms with Gasteiger partial charge in [0.05, 0.1) is 5.69 Å². The Hall–Kier alpha value is -2.43. The van der Waals surface area contributed by atoms with Crippen LogP contribution >= 0.6 is 0 Å². The van der Waals surface area contributed by atoms with Crippen LogP contribution in [0.15, 0.2) is 30.5 Å². The lowest BCUT2D eigenvalue weighted by Crippen LogP contribution is -2.48. The maximum absolute atomic E-state index is 13.2. The lowest BCUT2D eigenvalue weighted by molar-refractivity contribution is 0.0633. The van der Waals surface area contributed by atoms with Crippen molar-refractivity contribution < 1.29 is 4.79 Å². The van der Waals surface area contributed by atoms with E-state index in [1.54, 1.807) is 0 Å². The summed E-state index contributed by atoms with van der Waals surface area (Å²) in [7, 11) is 0. The number of amides is 1. The number of aryl methyl sites for hydroxylation is 2. The molecule has 1 aliphatic heterocycles. The highest BCUT2D eigenvalue weighted by atomic mass is 16.2. The molecule has 0 bridgehead atoms. The molecule has 2 heterocycles. The molecule has 0 radical (unpaired) electrons. The van der Waals surface area contributed by atoms with E-state index < -0.39 is 0 Å². The molecule has 5 nitrogen and oxygen atoms in total. The second kappa shape index (κ2) is 7.53. The summed E-state index contributed by atoms with van der Waals surface area (Å²) in [6.45, 7) is 9.81.